The summed E-state index contributed by atoms with van der Waals surface area (Å²) in [6.45, 7) is 3.81. The molecule has 2 aromatic carbocycles. The van der Waals surface area contributed by atoms with E-state index < -0.39 is 6.36 Å². The maximum Gasteiger partial charge on any atom is 0.573 e. The summed E-state index contributed by atoms with van der Waals surface area (Å²) in [4.78, 5) is 19.7. The molecule has 2 heterocycles. The summed E-state index contributed by atoms with van der Waals surface area (Å²) >= 11 is 0. The monoisotopic (exact) mass is 469 g/mol. The zero-order chi connectivity index (χ0) is 24.1. The van der Waals surface area contributed by atoms with Gasteiger partial charge in [0.2, 0.25) is 0 Å². The lowest BCUT2D eigenvalue weighted by molar-refractivity contribution is -0.274. The molecule has 0 atom stereocenters. The van der Waals surface area contributed by atoms with Gasteiger partial charge >= 0.3 is 6.36 Å². The highest BCUT2D eigenvalue weighted by Gasteiger charge is 2.31. The first-order valence-corrected chi connectivity index (χ1v) is 11.3. The van der Waals surface area contributed by atoms with Crippen LogP contribution in [0, 0.1) is 6.92 Å². The summed E-state index contributed by atoms with van der Waals surface area (Å²) in [7, 11) is 0. The maximum absolute atomic E-state index is 12.9. The molecular weight excluding hydrogens is 443 g/mol. The van der Waals surface area contributed by atoms with Crippen molar-refractivity contribution in [1.29, 1.82) is 0 Å². The van der Waals surface area contributed by atoms with Gasteiger partial charge in [0.05, 0.1) is 11.9 Å². The van der Waals surface area contributed by atoms with Gasteiger partial charge in [0, 0.05) is 18.7 Å². The summed E-state index contributed by atoms with van der Waals surface area (Å²) < 4.78 is 41.8. The number of benzene rings is 2. The third-order valence-corrected chi connectivity index (χ3v) is 5.81. The fourth-order valence-electron chi connectivity index (χ4n) is 4.09. The molecule has 0 saturated carbocycles. The largest absolute Gasteiger partial charge is 0.573 e. The lowest BCUT2D eigenvalue weighted by Gasteiger charge is -2.21. The van der Waals surface area contributed by atoms with Crippen molar-refractivity contribution in [2.45, 2.75) is 39.0 Å². The number of anilines is 2. The van der Waals surface area contributed by atoms with Gasteiger partial charge in [-0.25, -0.2) is 4.98 Å². The molecule has 1 fully saturated rings. The predicted octanol–water partition coefficient (Wildman–Crippen LogP) is 6.59. The summed E-state index contributed by atoms with van der Waals surface area (Å²) in [5.41, 5.74) is 2.96. The Morgan fingerprint density at radius 3 is 2.44 bits per heavy atom. The van der Waals surface area contributed by atoms with Gasteiger partial charge in [-0.2, -0.15) is 0 Å². The Balaban J connectivity index is 1.49. The zero-order valence-electron chi connectivity index (χ0n) is 18.9. The molecular formula is C26H26F3N3O2. The number of alkyl halides is 3. The summed E-state index contributed by atoms with van der Waals surface area (Å²) in [6, 6.07) is 14.6. The number of amides is 1. The van der Waals surface area contributed by atoms with E-state index in [1.807, 2.05) is 19.1 Å². The van der Waals surface area contributed by atoms with Crippen LogP contribution in [-0.2, 0) is 0 Å². The topological polar surface area (TPSA) is 54.5 Å². The maximum atomic E-state index is 12.9. The van der Waals surface area contributed by atoms with Gasteiger partial charge in [-0.05, 0) is 72.9 Å². The zero-order valence-corrected chi connectivity index (χ0v) is 18.9. The highest BCUT2D eigenvalue weighted by molar-refractivity contribution is 6.05. The van der Waals surface area contributed by atoms with Gasteiger partial charge < -0.3 is 15.0 Å². The highest BCUT2D eigenvalue weighted by atomic mass is 19.4. The van der Waals surface area contributed by atoms with E-state index in [4.69, 9.17) is 0 Å². The van der Waals surface area contributed by atoms with Crippen molar-refractivity contribution in [3.63, 3.8) is 0 Å². The molecule has 0 bridgehead atoms. The number of ether oxygens (including phenoxy) is 1. The number of aromatic nitrogens is 1. The number of nitrogens with zero attached hydrogens (tertiary/aromatic N) is 2. The molecule has 1 N–H and O–H groups in total. The van der Waals surface area contributed by atoms with Crippen LogP contribution in [0.5, 0.6) is 5.75 Å². The van der Waals surface area contributed by atoms with E-state index in [0.29, 0.717) is 22.4 Å². The number of halogens is 3. The molecule has 0 aliphatic carbocycles. The van der Waals surface area contributed by atoms with Gasteiger partial charge in [0.15, 0.2) is 0 Å². The van der Waals surface area contributed by atoms with Crippen molar-refractivity contribution in [2.24, 2.45) is 0 Å². The van der Waals surface area contributed by atoms with Gasteiger partial charge in [0.1, 0.15) is 11.6 Å². The standard InChI is InChI=1S/C26H26F3N3O2/c1-18-9-10-20(16-23(18)19-7-6-8-22(15-19)34-26(27,28)29)25(33)31-21-11-12-24(30-17-21)32-13-4-2-3-5-14-32/h6-12,15-17H,2-5,13-14H2,1H3,(H,31,33). The minimum Gasteiger partial charge on any atom is -0.406 e. The Kier molecular flexibility index (Phi) is 7.05. The molecule has 1 saturated heterocycles. The third-order valence-electron chi connectivity index (χ3n) is 5.81. The Morgan fingerprint density at radius 2 is 1.76 bits per heavy atom. The Morgan fingerprint density at radius 1 is 1.00 bits per heavy atom. The number of carbonyl (C=O) groups excluding carboxylic acids is 1. The molecule has 3 aromatic rings. The third kappa shape index (κ3) is 6.07. The van der Waals surface area contributed by atoms with E-state index in [1.165, 1.54) is 31.0 Å². The van der Waals surface area contributed by atoms with Crippen molar-refractivity contribution in [3.8, 4) is 16.9 Å². The Bertz CT molecular complexity index is 1140. The van der Waals surface area contributed by atoms with Crippen LogP contribution >= 0.6 is 0 Å². The molecule has 0 spiro atoms. The van der Waals surface area contributed by atoms with Gasteiger partial charge in [-0.3, -0.25) is 4.79 Å². The average molecular weight is 470 g/mol. The Labute approximate surface area is 196 Å². The number of aryl methyl sites for hydroxylation is 1. The van der Waals surface area contributed by atoms with Crippen molar-refractivity contribution >= 4 is 17.4 Å². The molecule has 0 radical (unpaired) electrons. The quantitative estimate of drug-likeness (QED) is 0.458. The second-order valence-corrected chi connectivity index (χ2v) is 8.37. The number of hydrogen-bond donors (Lipinski definition) is 1. The smallest absolute Gasteiger partial charge is 0.406 e. The first-order chi connectivity index (χ1) is 16.3. The number of hydrogen-bond acceptors (Lipinski definition) is 4. The second-order valence-electron chi connectivity index (χ2n) is 8.37. The van der Waals surface area contributed by atoms with Crippen LogP contribution in [0.25, 0.3) is 11.1 Å². The number of rotatable bonds is 5. The molecule has 1 aliphatic heterocycles. The van der Waals surface area contributed by atoms with E-state index in [9.17, 15) is 18.0 Å². The molecule has 34 heavy (non-hydrogen) atoms. The molecule has 4 rings (SSSR count). The first kappa shape index (κ1) is 23.6. The van der Waals surface area contributed by atoms with Crippen LogP contribution in [0.15, 0.2) is 60.8 Å². The van der Waals surface area contributed by atoms with Crippen molar-refractivity contribution < 1.29 is 22.7 Å². The van der Waals surface area contributed by atoms with Gasteiger partial charge in [-0.15, -0.1) is 13.2 Å². The fraction of sp³-hybridized carbons (Fsp3) is 0.308. The minimum atomic E-state index is -4.77. The normalized spacial score (nSPS) is 14.4. The number of carbonyl (C=O) groups is 1. The molecule has 5 nitrogen and oxygen atoms in total. The lowest BCUT2D eigenvalue weighted by Crippen LogP contribution is -2.24. The molecule has 1 aliphatic rings. The van der Waals surface area contributed by atoms with Crippen LogP contribution < -0.4 is 15.0 Å². The van der Waals surface area contributed by atoms with E-state index in [2.05, 4.69) is 19.9 Å². The molecule has 8 heteroatoms. The highest BCUT2D eigenvalue weighted by Crippen LogP contribution is 2.30. The molecule has 0 unspecified atom stereocenters. The van der Waals surface area contributed by atoms with Crippen molar-refractivity contribution in [1.82, 2.24) is 4.98 Å². The molecule has 1 aromatic heterocycles. The molecule has 178 valence electrons. The lowest BCUT2D eigenvalue weighted by atomic mass is 9.97. The van der Waals surface area contributed by atoms with Crippen molar-refractivity contribution in [2.75, 3.05) is 23.3 Å². The summed E-state index contributed by atoms with van der Waals surface area (Å²) in [5.74, 6) is 0.265. The minimum absolute atomic E-state index is 0.310. The van der Waals surface area contributed by atoms with Crippen LogP contribution in [0.1, 0.15) is 41.6 Å². The second kappa shape index (κ2) is 10.2. The van der Waals surface area contributed by atoms with Crippen LogP contribution in [0.4, 0.5) is 24.7 Å². The summed E-state index contributed by atoms with van der Waals surface area (Å²) in [6.07, 6.45) is 1.66. The van der Waals surface area contributed by atoms with Gasteiger partial charge in [-0.1, -0.05) is 31.0 Å². The first-order valence-electron chi connectivity index (χ1n) is 11.3. The van der Waals surface area contributed by atoms with E-state index >= 15 is 0 Å². The number of pyridine rings is 1. The van der Waals surface area contributed by atoms with E-state index in [0.717, 1.165) is 37.3 Å². The Hall–Kier alpha value is -3.55. The van der Waals surface area contributed by atoms with Crippen LogP contribution in [0.3, 0.4) is 0 Å². The van der Waals surface area contributed by atoms with E-state index in [1.54, 1.807) is 30.5 Å². The summed E-state index contributed by atoms with van der Waals surface area (Å²) in [5, 5.41) is 2.85. The number of nitrogens with one attached hydrogen (secondary N) is 1. The van der Waals surface area contributed by atoms with Crippen LogP contribution in [-0.4, -0.2) is 30.3 Å². The van der Waals surface area contributed by atoms with Crippen LogP contribution in [0.2, 0.25) is 0 Å². The van der Waals surface area contributed by atoms with Crippen molar-refractivity contribution in [3.05, 3.63) is 71.9 Å². The van der Waals surface area contributed by atoms with Gasteiger partial charge in [0.25, 0.3) is 5.91 Å². The predicted molar refractivity (Wildman–Crippen MR) is 126 cm³/mol. The average Bonchev–Trinajstić information content (AvgIpc) is 3.08. The fourth-order valence-corrected chi connectivity index (χ4v) is 4.09. The van der Waals surface area contributed by atoms with E-state index in [-0.39, 0.29) is 11.7 Å². The molecule has 1 amide bonds. The SMILES string of the molecule is Cc1ccc(C(=O)Nc2ccc(N3CCCCCC3)nc2)cc1-c1cccc(OC(F)(F)F)c1.